The number of benzene rings is 2. The summed E-state index contributed by atoms with van der Waals surface area (Å²) in [4.78, 5) is 36.3. The third kappa shape index (κ3) is 18.8. The summed E-state index contributed by atoms with van der Waals surface area (Å²) in [6.45, 7) is 1.22. The molecule has 0 atom stereocenters. The van der Waals surface area contributed by atoms with E-state index in [1.54, 1.807) is 122 Å². The van der Waals surface area contributed by atoms with Gasteiger partial charge in [0.05, 0.1) is 38.6 Å². The summed E-state index contributed by atoms with van der Waals surface area (Å²) in [6.07, 6.45) is 13.9. The molecular weight excluding hydrogens is 983 g/mol. The second-order valence-electron chi connectivity index (χ2n) is 12.0. The van der Waals surface area contributed by atoms with Crippen LogP contribution in [0, 0.1) is 0 Å². The number of aromatic nitrogens is 9. The number of fused-ring (bicyclic) bond motifs is 2. The van der Waals surface area contributed by atoms with Gasteiger partial charge in [-0.25, -0.2) is 32.7 Å². The van der Waals surface area contributed by atoms with Crippen molar-refractivity contribution in [1.29, 1.82) is 0 Å². The molecule has 2 aliphatic heterocycles. The maximum atomic E-state index is 12.6. The van der Waals surface area contributed by atoms with E-state index in [0.717, 1.165) is 12.1 Å². The van der Waals surface area contributed by atoms with E-state index in [2.05, 4.69) is 73.8 Å². The molecule has 10 rings (SSSR count). The second-order valence-corrected chi connectivity index (χ2v) is 15.8. The molecule has 8 heterocycles. The topological polar surface area (TPSA) is 267 Å². The predicted octanol–water partition coefficient (Wildman–Crippen LogP) is 5.11. The van der Waals surface area contributed by atoms with Crippen molar-refractivity contribution in [3.63, 3.8) is 0 Å². The minimum atomic E-state index is -3.65. The number of ether oxygens (including phenoxy) is 2. The molecule has 0 aliphatic carbocycles. The van der Waals surface area contributed by atoms with E-state index < -0.39 is 17.2 Å². The average Bonchev–Trinajstić information content (AvgIpc) is 3.90. The zero-order valence-corrected chi connectivity index (χ0v) is 40.9. The minimum absolute atomic E-state index is 0. The van der Waals surface area contributed by atoms with Crippen LogP contribution in [0.15, 0.2) is 169 Å². The van der Waals surface area contributed by atoms with Gasteiger partial charge in [-0.15, -0.1) is 0 Å². The van der Waals surface area contributed by atoms with Crippen LogP contribution in [0.5, 0.6) is 29.0 Å². The molecule has 346 valence electrons. The first-order valence-corrected chi connectivity index (χ1v) is 21.6. The molecule has 8 aromatic rings. The van der Waals surface area contributed by atoms with Crippen LogP contribution in [-0.4, -0.2) is 76.5 Å². The summed E-state index contributed by atoms with van der Waals surface area (Å²) in [5.74, 6) is 2.06. The van der Waals surface area contributed by atoms with Crippen molar-refractivity contribution in [3.8, 4) is 29.0 Å². The number of hydrogen-bond acceptors (Lipinski definition) is 16. The molecule has 0 fully saturated rings. The van der Waals surface area contributed by atoms with Crippen LogP contribution < -0.4 is 48.1 Å². The van der Waals surface area contributed by atoms with E-state index in [-0.39, 0.29) is 81.5 Å². The van der Waals surface area contributed by atoms with Crippen molar-refractivity contribution < 1.29 is 70.7 Å². The van der Waals surface area contributed by atoms with Gasteiger partial charge in [-0.1, -0.05) is 48.0 Å². The maximum Gasteiger partial charge on any atom is 1.00 e. The fourth-order valence-corrected chi connectivity index (χ4v) is 7.81. The Morgan fingerprint density at radius 3 is 1.73 bits per heavy atom. The van der Waals surface area contributed by atoms with E-state index in [0.29, 0.717) is 22.5 Å². The zero-order valence-electron chi connectivity index (χ0n) is 37.0. The molecule has 6 N–H and O–H groups in total. The average molecular weight is 1020 g/mol. The maximum absolute atomic E-state index is 12.6. The number of sulfonamides is 1. The molecule has 0 saturated carbocycles. The second kappa shape index (κ2) is 30.6. The zero-order chi connectivity index (χ0) is 46.3. The van der Waals surface area contributed by atoms with Crippen LogP contribution in [0.3, 0.4) is 0 Å². The molecule has 2 aliphatic rings. The summed E-state index contributed by atoms with van der Waals surface area (Å²) >= 11 is 18.1. The van der Waals surface area contributed by atoms with Crippen molar-refractivity contribution in [3.05, 3.63) is 186 Å². The Morgan fingerprint density at radius 1 is 0.701 bits per heavy atom. The van der Waals surface area contributed by atoms with Crippen molar-refractivity contribution >= 4 is 62.7 Å². The molecule has 2 aromatic carbocycles. The number of anilines is 1. The van der Waals surface area contributed by atoms with Gasteiger partial charge < -0.3 is 27.0 Å². The number of nitrogens with zero attached hydrogens (tertiary/aromatic N) is 10. The number of alkyl halides is 1. The van der Waals surface area contributed by atoms with Gasteiger partial charge in [0.2, 0.25) is 28.3 Å². The Labute approximate surface area is 429 Å². The Hall–Kier alpha value is -5.69. The van der Waals surface area contributed by atoms with Gasteiger partial charge in [0.25, 0.3) is 10.0 Å². The number of pyridine rings is 3. The van der Waals surface area contributed by atoms with Gasteiger partial charge >= 0.3 is 29.6 Å². The van der Waals surface area contributed by atoms with Crippen LogP contribution in [0.1, 0.15) is 13.9 Å². The summed E-state index contributed by atoms with van der Waals surface area (Å²) in [6, 6.07) is 30.3. The Bertz CT molecular complexity index is 2770. The molecule has 0 spiro atoms. The van der Waals surface area contributed by atoms with Crippen molar-refractivity contribution in [2.24, 2.45) is 0 Å². The van der Waals surface area contributed by atoms with E-state index in [9.17, 15) is 12.8 Å². The van der Waals surface area contributed by atoms with Crippen LogP contribution in [0.25, 0.3) is 0 Å². The van der Waals surface area contributed by atoms with Gasteiger partial charge in [-0.3, -0.25) is 24.1 Å². The number of hydrogen-bond donors (Lipinski definition) is 2. The summed E-state index contributed by atoms with van der Waals surface area (Å²) in [5, 5.41) is 9.27. The van der Waals surface area contributed by atoms with E-state index >= 15 is 0 Å². The Balaban J connectivity index is 0.000000453. The summed E-state index contributed by atoms with van der Waals surface area (Å²) < 4.78 is 56.1. The van der Waals surface area contributed by atoms with Gasteiger partial charge in [-0.2, -0.15) is 9.97 Å². The fourth-order valence-electron chi connectivity index (χ4n) is 4.97. The predicted molar refractivity (Wildman–Crippen MR) is 250 cm³/mol. The molecular formula is C42H40Cl3FN11NaO7S2. The van der Waals surface area contributed by atoms with Gasteiger partial charge in [0, 0.05) is 60.8 Å². The van der Waals surface area contributed by atoms with Crippen LogP contribution in [-0.2, 0) is 23.1 Å². The molecule has 18 nitrogen and oxygen atoms in total. The molecule has 25 heteroatoms. The third-order valence-electron chi connectivity index (χ3n) is 7.66. The van der Waals surface area contributed by atoms with Gasteiger partial charge in [-0.05, 0) is 101 Å². The molecule has 0 saturated heterocycles. The van der Waals surface area contributed by atoms with Gasteiger partial charge in [0.15, 0.2) is 0 Å². The SMILES string of the molecule is Clc1ccnc(Cl)n1.Clc1nccc(Oc2cccnc2)n1.O.O.O=S1(=O)c2ccccc2CN1c1nccc(Oc2cccnc2)n1.Oc1cccnc1.[2H]CF.[H-].[Na+].c1ccc2c(c1)CNS2. The minimum Gasteiger partial charge on any atom is -1.00 e. The smallest absolute Gasteiger partial charge is 1.00 e. The van der Waals surface area contributed by atoms with E-state index in [1.807, 2.05) is 0 Å². The number of nitrogens with one attached hydrogen (secondary N) is 1. The van der Waals surface area contributed by atoms with E-state index in [4.69, 9.17) is 50.8 Å². The van der Waals surface area contributed by atoms with Gasteiger partial charge in [0.1, 0.15) is 22.4 Å². The molecule has 0 unspecified atom stereocenters. The van der Waals surface area contributed by atoms with Crippen molar-refractivity contribution in [2.75, 3.05) is 11.5 Å². The number of rotatable bonds is 5. The summed E-state index contributed by atoms with van der Waals surface area (Å²) in [5.41, 5.74) is 2.14. The quantitative estimate of drug-likeness (QED) is 0.0981. The first-order chi connectivity index (χ1) is 31.5. The van der Waals surface area contributed by atoms with Crippen molar-refractivity contribution in [1.82, 2.24) is 49.6 Å². The van der Waals surface area contributed by atoms with Crippen LogP contribution >= 0.6 is 46.8 Å². The first-order valence-electron chi connectivity index (χ1n) is 18.9. The molecule has 67 heavy (non-hydrogen) atoms. The third-order valence-corrected chi connectivity index (χ3v) is 11.0. The molecule has 0 bridgehead atoms. The van der Waals surface area contributed by atoms with Crippen molar-refractivity contribution in [2.45, 2.75) is 22.9 Å². The number of aromatic hydroxyl groups is 1. The summed E-state index contributed by atoms with van der Waals surface area (Å²) in [7, 11) is -4.65. The molecule has 6 aromatic heterocycles. The Morgan fingerprint density at radius 2 is 1.24 bits per heavy atom. The normalized spacial score (nSPS) is 11.8. The monoisotopic (exact) mass is 1020 g/mol. The first kappa shape index (κ1) is 55.6. The molecule has 0 radical (unpaired) electrons. The largest absolute Gasteiger partial charge is 1.00 e. The molecule has 0 amide bonds. The van der Waals surface area contributed by atoms with E-state index in [1.165, 1.54) is 39.6 Å². The Kier molecular flexibility index (Phi) is 25.4. The standard InChI is InChI=1S/C16H12N4O3S.C9H6ClN3O.C7H7NS.C5H5NO.C4H2Cl2N2.CH3F.Na.2H2O.H/c21-24(22)14-6-2-1-4-12(14)11-20(24)16-18-9-7-15(19-16)23-13-5-3-8-17-10-13;10-9-12-5-3-8(13-9)14-7-2-1-4-11-6-7;1-2-4-7-6(3-1)5-8-9-7;7-5-2-1-3-6-4-5;5-3-1-2-7-4(6)8-3;1-2;;;;/h1-10H,11H2;1-6H;1-4,8H,5H2;1-4,7H;1-2H;1H3;;2*1H2;/q;;;;;;+1;;;-1/i;;;;;1D;;;;. The fraction of sp³-hybridized carbons (Fsp3) is 0.0714. The van der Waals surface area contributed by atoms with Crippen LogP contribution in [0.2, 0.25) is 15.7 Å². The van der Waals surface area contributed by atoms with Crippen LogP contribution in [0.4, 0.5) is 10.3 Å². The number of halogens is 4.